The lowest BCUT2D eigenvalue weighted by Gasteiger charge is -2.22. The minimum Gasteiger partial charge on any atom is -0.448 e. The van der Waals surface area contributed by atoms with Gasteiger partial charge in [-0.15, -0.1) is 0 Å². The first-order chi connectivity index (χ1) is 18.7. The molecule has 2 amide bonds. The van der Waals surface area contributed by atoms with Crippen molar-refractivity contribution in [2.45, 2.75) is 33.9 Å². The minimum absolute atomic E-state index is 0.0588. The maximum Gasteiger partial charge on any atom is 0.498 e. The highest BCUT2D eigenvalue weighted by Gasteiger charge is 2.35. The molecule has 1 aromatic heterocycles. The normalized spacial score (nSPS) is 12.2. The van der Waals surface area contributed by atoms with Crippen LogP contribution in [0.3, 0.4) is 0 Å². The molecule has 0 unspecified atom stereocenters. The SMILES string of the molecule is CCO[Si](O)(CCCNC(=O)OCCNC(=O)c1ccc(-c2nc(C(Cl)(Cl)Cl)nc(C(Cl)(Cl)Cl)n2)cc1)OCC. The maximum atomic E-state index is 12.5. The number of halogens is 6. The number of alkyl carbamates (subject to hydrolysis) is 1. The van der Waals surface area contributed by atoms with Crippen molar-refractivity contribution in [3.05, 3.63) is 41.5 Å². The van der Waals surface area contributed by atoms with Gasteiger partial charge in [0.1, 0.15) is 6.61 Å². The zero-order chi connectivity index (χ0) is 30.0. The highest BCUT2D eigenvalue weighted by molar-refractivity contribution is 6.67. The third-order valence-electron chi connectivity index (χ3n) is 4.85. The number of amides is 2. The first-order valence-corrected chi connectivity index (χ1v) is 16.1. The molecule has 2 rings (SSSR count). The van der Waals surface area contributed by atoms with E-state index in [1.54, 1.807) is 26.0 Å². The predicted molar refractivity (Wildman–Crippen MR) is 156 cm³/mol. The fourth-order valence-electron chi connectivity index (χ4n) is 3.13. The van der Waals surface area contributed by atoms with Crippen LogP contribution in [-0.4, -0.2) is 73.5 Å². The highest BCUT2D eigenvalue weighted by atomic mass is 35.6. The van der Waals surface area contributed by atoms with Gasteiger partial charge in [-0.05, 0) is 32.4 Å². The average Bonchev–Trinajstić information content (AvgIpc) is 2.88. The number of hydrogen-bond acceptors (Lipinski definition) is 9. The van der Waals surface area contributed by atoms with Gasteiger partial charge in [-0.3, -0.25) is 4.79 Å². The Labute approximate surface area is 262 Å². The van der Waals surface area contributed by atoms with Crippen molar-refractivity contribution in [2.24, 2.45) is 0 Å². The van der Waals surface area contributed by atoms with Crippen LogP contribution in [0.1, 0.15) is 42.3 Å². The number of rotatable bonds is 13. The molecule has 0 bridgehead atoms. The van der Waals surface area contributed by atoms with Gasteiger partial charge in [0.25, 0.3) is 5.91 Å². The van der Waals surface area contributed by atoms with E-state index < -0.39 is 28.4 Å². The van der Waals surface area contributed by atoms with Gasteiger partial charge in [0.15, 0.2) is 17.5 Å². The van der Waals surface area contributed by atoms with Gasteiger partial charge in [0.2, 0.25) is 7.59 Å². The molecule has 0 fully saturated rings. The Morgan fingerprint density at radius 2 is 1.43 bits per heavy atom. The number of carbonyl (C=O) groups is 2. The van der Waals surface area contributed by atoms with E-state index in [2.05, 4.69) is 25.6 Å². The third kappa shape index (κ3) is 11.6. The summed E-state index contributed by atoms with van der Waals surface area (Å²) < 4.78 is 11.7. The van der Waals surface area contributed by atoms with Crippen molar-refractivity contribution in [3.63, 3.8) is 0 Å². The van der Waals surface area contributed by atoms with Gasteiger partial charge in [-0.25, -0.2) is 19.7 Å². The van der Waals surface area contributed by atoms with E-state index in [0.717, 1.165) is 0 Å². The number of carbonyl (C=O) groups excluding carboxylic acids is 2. The summed E-state index contributed by atoms with van der Waals surface area (Å²) in [6.45, 7) is 4.50. The van der Waals surface area contributed by atoms with Crippen LogP contribution in [0.2, 0.25) is 6.04 Å². The molecule has 0 saturated carbocycles. The van der Waals surface area contributed by atoms with E-state index in [0.29, 0.717) is 36.8 Å². The molecule has 222 valence electrons. The third-order valence-corrected chi connectivity index (χ3v) is 8.33. The zero-order valence-electron chi connectivity index (χ0n) is 21.4. The molecule has 3 N–H and O–H groups in total. The number of alkyl halides is 6. The summed E-state index contributed by atoms with van der Waals surface area (Å²) in [6, 6.07) is 6.44. The molecule has 2 aromatic rings. The van der Waals surface area contributed by atoms with Crippen molar-refractivity contribution in [2.75, 3.05) is 32.9 Å². The summed E-state index contributed by atoms with van der Waals surface area (Å²) in [4.78, 5) is 46.8. The molecule has 1 aromatic carbocycles. The van der Waals surface area contributed by atoms with Gasteiger partial charge in [0, 0.05) is 36.9 Å². The molecule has 1 heterocycles. The van der Waals surface area contributed by atoms with Gasteiger partial charge in [-0.2, -0.15) is 0 Å². The molecule has 0 spiro atoms. The number of nitrogens with one attached hydrogen (secondary N) is 2. The Balaban J connectivity index is 1.85. The van der Waals surface area contributed by atoms with Crippen LogP contribution in [0.5, 0.6) is 0 Å². The Morgan fingerprint density at radius 3 is 1.93 bits per heavy atom. The number of ether oxygens (including phenoxy) is 1. The molecular weight excluding hydrogens is 671 g/mol. The second-order valence-corrected chi connectivity index (χ2v) is 14.9. The maximum absolute atomic E-state index is 12.5. The zero-order valence-corrected chi connectivity index (χ0v) is 26.9. The fraction of sp³-hybridized carbons (Fsp3) is 0.500. The topological polar surface area (TPSA) is 145 Å². The minimum atomic E-state index is -3.22. The van der Waals surface area contributed by atoms with Gasteiger partial charge >= 0.3 is 14.9 Å². The summed E-state index contributed by atoms with van der Waals surface area (Å²) in [5, 5.41) is 5.20. The summed E-state index contributed by atoms with van der Waals surface area (Å²) in [5.41, 5.74) is 0.749. The standard InChI is InChI=1S/C22H27Cl6N5O6Si/c1-3-38-40(36,39-4-2)13-5-10-30-20(35)37-12-11-29-17(34)15-8-6-14(7-9-15)16-31-18(21(23,24)25)33-19(32-16)22(26,27)28/h6-9,36H,3-5,10-13H2,1-2H3,(H,29,34)(H,30,35). The van der Waals surface area contributed by atoms with Crippen LogP contribution in [0, 0.1) is 0 Å². The molecule has 0 radical (unpaired) electrons. The summed E-state index contributed by atoms with van der Waals surface area (Å²) in [5.74, 6) is -0.832. The highest BCUT2D eigenvalue weighted by Crippen LogP contribution is 2.40. The van der Waals surface area contributed by atoms with E-state index >= 15 is 0 Å². The van der Waals surface area contributed by atoms with E-state index in [4.69, 9.17) is 83.2 Å². The second-order valence-electron chi connectivity index (χ2n) is 7.88. The van der Waals surface area contributed by atoms with Gasteiger partial charge in [-0.1, -0.05) is 81.7 Å². The predicted octanol–water partition coefficient (Wildman–Crippen LogP) is 5.04. The van der Waals surface area contributed by atoms with Crippen LogP contribution >= 0.6 is 69.6 Å². The van der Waals surface area contributed by atoms with Crippen LogP contribution in [-0.2, 0) is 21.2 Å². The van der Waals surface area contributed by atoms with Crippen LogP contribution < -0.4 is 10.6 Å². The monoisotopic (exact) mass is 695 g/mol. The van der Waals surface area contributed by atoms with E-state index in [1.165, 1.54) is 12.1 Å². The van der Waals surface area contributed by atoms with Crippen LogP contribution in [0.4, 0.5) is 4.79 Å². The molecule has 11 nitrogen and oxygen atoms in total. The number of aromatic nitrogens is 3. The van der Waals surface area contributed by atoms with Crippen molar-refractivity contribution < 1.29 is 28.0 Å². The Hall–Kier alpha value is -1.19. The average molecular weight is 698 g/mol. The lowest BCUT2D eigenvalue weighted by molar-refractivity contribution is 0.0934. The van der Waals surface area contributed by atoms with Crippen LogP contribution in [0.25, 0.3) is 11.4 Å². The Bertz CT molecular complexity index is 1100. The fourth-order valence-corrected chi connectivity index (χ4v) is 5.53. The Morgan fingerprint density at radius 1 is 0.875 bits per heavy atom. The van der Waals surface area contributed by atoms with E-state index in [-0.39, 0.29) is 37.2 Å². The summed E-state index contributed by atoms with van der Waals surface area (Å²) in [7, 11) is -3.22. The lowest BCUT2D eigenvalue weighted by atomic mass is 10.1. The quantitative estimate of drug-likeness (QED) is 0.149. The number of benzene rings is 1. The lowest BCUT2D eigenvalue weighted by Crippen LogP contribution is -2.43. The van der Waals surface area contributed by atoms with E-state index in [1.807, 2.05) is 0 Å². The largest absolute Gasteiger partial charge is 0.498 e. The van der Waals surface area contributed by atoms with Gasteiger partial charge < -0.3 is 29.0 Å². The molecule has 0 aliphatic carbocycles. The first-order valence-electron chi connectivity index (χ1n) is 11.9. The molecule has 0 aliphatic rings. The smallest absolute Gasteiger partial charge is 0.448 e. The van der Waals surface area contributed by atoms with Crippen molar-refractivity contribution in [1.29, 1.82) is 0 Å². The number of nitrogens with zero attached hydrogens (tertiary/aromatic N) is 3. The summed E-state index contributed by atoms with van der Waals surface area (Å²) >= 11 is 35.4. The first kappa shape index (κ1) is 35.0. The van der Waals surface area contributed by atoms with E-state index in [9.17, 15) is 14.4 Å². The molecule has 18 heteroatoms. The molecular formula is C22H27Cl6N5O6Si. The molecule has 0 saturated heterocycles. The molecule has 40 heavy (non-hydrogen) atoms. The molecule has 0 aliphatic heterocycles. The summed E-state index contributed by atoms with van der Waals surface area (Å²) in [6.07, 6.45) is -0.204. The second kappa shape index (κ2) is 15.9. The molecule has 0 atom stereocenters. The van der Waals surface area contributed by atoms with Crippen molar-refractivity contribution in [1.82, 2.24) is 25.6 Å². The van der Waals surface area contributed by atoms with Crippen LogP contribution in [0.15, 0.2) is 24.3 Å². The Kier molecular flexibility index (Phi) is 13.9. The van der Waals surface area contributed by atoms with Crippen molar-refractivity contribution >= 4 is 90.4 Å². The van der Waals surface area contributed by atoms with Gasteiger partial charge in [0.05, 0.1) is 6.54 Å². The number of hydrogen-bond donors (Lipinski definition) is 3. The van der Waals surface area contributed by atoms with Crippen molar-refractivity contribution in [3.8, 4) is 11.4 Å².